The fourth-order valence-corrected chi connectivity index (χ4v) is 3.72. The minimum absolute atomic E-state index is 0.309. The third-order valence-corrected chi connectivity index (χ3v) is 5.22. The summed E-state index contributed by atoms with van der Waals surface area (Å²) in [6, 6.07) is 19.3. The number of pyridine rings is 1. The predicted molar refractivity (Wildman–Crippen MR) is 107 cm³/mol. The third-order valence-electron chi connectivity index (χ3n) is 4.21. The molecule has 7 heteroatoms. The second-order valence-corrected chi connectivity index (χ2v) is 7.08. The maximum atomic E-state index is 13.4. The molecule has 0 unspecified atom stereocenters. The van der Waals surface area contributed by atoms with Crippen LogP contribution in [0.1, 0.15) is 11.7 Å². The first-order chi connectivity index (χ1) is 13.7. The number of thioether (sulfide) groups is 1. The second kappa shape index (κ2) is 8.33. The Bertz CT molecular complexity index is 1040. The summed E-state index contributed by atoms with van der Waals surface area (Å²) in [7, 11) is 0. The molecule has 0 spiro atoms. The molecule has 4 aromatic rings. The number of hydrogen-bond acceptors (Lipinski definition) is 5. The normalized spacial score (nSPS) is 12.1. The average Bonchev–Trinajstić information content (AvgIpc) is 3.18. The topological polar surface area (TPSA) is 63.8 Å². The van der Waals surface area contributed by atoms with Gasteiger partial charge in [0, 0.05) is 29.4 Å². The first-order valence-electron chi connectivity index (χ1n) is 8.70. The highest BCUT2D eigenvalue weighted by atomic mass is 32.2. The molecule has 2 aromatic heterocycles. The van der Waals surface area contributed by atoms with Crippen LogP contribution in [0.4, 0.5) is 4.39 Å². The van der Waals surface area contributed by atoms with E-state index in [4.69, 9.17) is 0 Å². The fourth-order valence-electron chi connectivity index (χ4n) is 2.80. The van der Waals surface area contributed by atoms with Crippen LogP contribution in [0, 0.1) is 5.82 Å². The van der Waals surface area contributed by atoms with Crippen LogP contribution in [0.5, 0.6) is 0 Å². The smallest absolute Gasteiger partial charge is 0.196 e. The van der Waals surface area contributed by atoms with E-state index in [1.54, 1.807) is 24.5 Å². The molecule has 28 heavy (non-hydrogen) atoms. The standard InChI is InChI=1S/C21H17FN4OS/c22-17-6-8-18(9-7-17)26-20(16-10-12-23-13-11-16)24-25-21(26)28-14-19(27)15-4-2-1-3-5-15/h1-13,19,27H,14H2/t19-/m0/s1. The van der Waals surface area contributed by atoms with Crippen molar-refractivity contribution in [3.05, 3.63) is 90.5 Å². The van der Waals surface area contributed by atoms with E-state index in [0.29, 0.717) is 16.7 Å². The van der Waals surface area contributed by atoms with Crippen LogP contribution in [0.25, 0.3) is 17.1 Å². The molecule has 1 N–H and O–H groups in total. The minimum Gasteiger partial charge on any atom is -0.388 e. The molecule has 140 valence electrons. The Morgan fingerprint density at radius 3 is 2.36 bits per heavy atom. The highest BCUT2D eigenvalue weighted by molar-refractivity contribution is 7.99. The number of aromatic nitrogens is 4. The first kappa shape index (κ1) is 18.3. The van der Waals surface area contributed by atoms with E-state index >= 15 is 0 Å². The van der Waals surface area contributed by atoms with E-state index in [0.717, 1.165) is 16.8 Å². The summed E-state index contributed by atoms with van der Waals surface area (Å²) in [4.78, 5) is 4.04. The summed E-state index contributed by atoms with van der Waals surface area (Å²) in [5.41, 5.74) is 2.44. The maximum absolute atomic E-state index is 13.4. The Kier molecular flexibility index (Phi) is 5.45. The molecular weight excluding hydrogens is 375 g/mol. The Balaban J connectivity index is 1.67. The van der Waals surface area contributed by atoms with Crippen LogP contribution in [0.15, 0.2) is 84.3 Å². The van der Waals surface area contributed by atoms with Gasteiger partial charge in [-0.3, -0.25) is 9.55 Å². The molecule has 0 saturated heterocycles. The van der Waals surface area contributed by atoms with Crippen LogP contribution in [0.3, 0.4) is 0 Å². The number of aliphatic hydroxyl groups is 1. The average molecular weight is 392 g/mol. The Morgan fingerprint density at radius 1 is 0.929 bits per heavy atom. The van der Waals surface area contributed by atoms with Gasteiger partial charge in [0.2, 0.25) is 0 Å². The van der Waals surface area contributed by atoms with E-state index in [-0.39, 0.29) is 5.82 Å². The van der Waals surface area contributed by atoms with Gasteiger partial charge in [-0.05, 0) is 42.0 Å². The van der Waals surface area contributed by atoms with Gasteiger partial charge in [0.25, 0.3) is 0 Å². The quantitative estimate of drug-likeness (QED) is 0.496. The van der Waals surface area contributed by atoms with Gasteiger partial charge in [-0.2, -0.15) is 0 Å². The lowest BCUT2D eigenvalue weighted by atomic mass is 10.1. The van der Waals surface area contributed by atoms with Crippen molar-refractivity contribution in [2.45, 2.75) is 11.3 Å². The minimum atomic E-state index is -0.631. The highest BCUT2D eigenvalue weighted by Gasteiger charge is 2.18. The monoisotopic (exact) mass is 392 g/mol. The molecule has 5 nitrogen and oxygen atoms in total. The van der Waals surface area contributed by atoms with Crippen LogP contribution in [-0.4, -0.2) is 30.6 Å². The molecule has 0 aliphatic rings. The van der Waals surface area contributed by atoms with Crippen molar-refractivity contribution in [1.29, 1.82) is 0 Å². The van der Waals surface area contributed by atoms with E-state index < -0.39 is 6.10 Å². The van der Waals surface area contributed by atoms with Crippen molar-refractivity contribution in [3.63, 3.8) is 0 Å². The van der Waals surface area contributed by atoms with E-state index in [9.17, 15) is 9.50 Å². The second-order valence-electron chi connectivity index (χ2n) is 6.09. The van der Waals surface area contributed by atoms with Gasteiger partial charge in [-0.1, -0.05) is 42.1 Å². The number of aliphatic hydroxyl groups excluding tert-OH is 1. The first-order valence-corrected chi connectivity index (χ1v) is 9.68. The molecule has 0 radical (unpaired) electrons. The van der Waals surface area contributed by atoms with Gasteiger partial charge < -0.3 is 5.11 Å². The summed E-state index contributed by atoms with van der Waals surface area (Å²) in [6.45, 7) is 0. The predicted octanol–water partition coefficient (Wildman–Crippen LogP) is 4.29. The van der Waals surface area contributed by atoms with E-state index in [1.807, 2.05) is 47.0 Å². The molecule has 2 heterocycles. The van der Waals surface area contributed by atoms with E-state index in [2.05, 4.69) is 15.2 Å². The number of rotatable bonds is 6. The maximum Gasteiger partial charge on any atom is 0.196 e. The Labute approximate surface area is 165 Å². The summed E-state index contributed by atoms with van der Waals surface area (Å²) < 4.78 is 15.3. The lowest BCUT2D eigenvalue weighted by Gasteiger charge is -2.13. The summed E-state index contributed by atoms with van der Waals surface area (Å²) in [5.74, 6) is 0.737. The number of hydrogen-bond donors (Lipinski definition) is 1. The van der Waals surface area contributed by atoms with Gasteiger partial charge in [-0.25, -0.2) is 4.39 Å². The van der Waals surface area contributed by atoms with Crippen LogP contribution >= 0.6 is 11.8 Å². The number of halogens is 1. The van der Waals surface area contributed by atoms with Crippen LogP contribution in [-0.2, 0) is 0 Å². The van der Waals surface area contributed by atoms with Crippen molar-refractivity contribution in [1.82, 2.24) is 19.7 Å². The highest BCUT2D eigenvalue weighted by Crippen LogP contribution is 2.30. The van der Waals surface area contributed by atoms with Gasteiger partial charge >= 0.3 is 0 Å². The molecule has 0 aliphatic heterocycles. The van der Waals surface area contributed by atoms with Crippen LogP contribution in [0.2, 0.25) is 0 Å². The zero-order valence-electron chi connectivity index (χ0n) is 14.8. The summed E-state index contributed by atoms with van der Waals surface area (Å²) >= 11 is 1.39. The number of nitrogens with zero attached hydrogens (tertiary/aromatic N) is 4. The molecule has 0 aliphatic carbocycles. The Hall–Kier alpha value is -3.03. The molecule has 0 amide bonds. The SMILES string of the molecule is O[C@@H](CSc1nnc(-c2ccncc2)n1-c1ccc(F)cc1)c1ccccc1. The van der Waals surface area contributed by atoms with Crippen molar-refractivity contribution in [2.24, 2.45) is 0 Å². The Morgan fingerprint density at radius 2 is 1.64 bits per heavy atom. The van der Waals surface area contributed by atoms with Crippen molar-refractivity contribution in [2.75, 3.05) is 5.75 Å². The lowest BCUT2D eigenvalue weighted by molar-refractivity contribution is 0.204. The van der Waals surface area contributed by atoms with Gasteiger partial charge in [0.15, 0.2) is 11.0 Å². The van der Waals surface area contributed by atoms with Crippen molar-refractivity contribution in [3.8, 4) is 17.1 Å². The third kappa shape index (κ3) is 3.95. The molecule has 4 rings (SSSR count). The lowest BCUT2D eigenvalue weighted by Crippen LogP contribution is -2.04. The molecule has 0 bridgehead atoms. The molecule has 0 fully saturated rings. The van der Waals surface area contributed by atoms with E-state index in [1.165, 1.54) is 23.9 Å². The zero-order valence-corrected chi connectivity index (χ0v) is 15.6. The van der Waals surface area contributed by atoms with Gasteiger partial charge in [0.05, 0.1) is 6.10 Å². The molecular formula is C21H17FN4OS. The van der Waals surface area contributed by atoms with Crippen LogP contribution < -0.4 is 0 Å². The summed E-state index contributed by atoms with van der Waals surface area (Å²) in [6.07, 6.45) is 2.74. The molecule has 0 saturated carbocycles. The summed E-state index contributed by atoms with van der Waals surface area (Å²) in [5, 5.41) is 19.7. The number of benzene rings is 2. The van der Waals surface area contributed by atoms with Gasteiger partial charge in [-0.15, -0.1) is 10.2 Å². The fraction of sp³-hybridized carbons (Fsp3) is 0.0952. The molecule has 1 atom stereocenters. The van der Waals surface area contributed by atoms with Crippen molar-refractivity contribution >= 4 is 11.8 Å². The van der Waals surface area contributed by atoms with Gasteiger partial charge in [0.1, 0.15) is 5.82 Å². The largest absolute Gasteiger partial charge is 0.388 e. The molecule has 2 aromatic carbocycles. The van der Waals surface area contributed by atoms with Crippen molar-refractivity contribution < 1.29 is 9.50 Å². The zero-order chi connectivity index (χ0) is 19.3.